The van der Waals surface area contributed by atoms with E-state index in [-0.39, 0.29) is 22.3 Å². The van der Waals surface area contributed by atoms with Crippen LogP contribution < -0.4 is 0 Å². The highest BCUT2D eigenvalue weighted by molar-refractivity contribution is 5.66. The maximum absolute atomic E-state index is 15.1. The second-order valence-electron chi connectivity index (χ2n) is 9.92. The number of benzene rings is 2. The smallest absolute Gasteiger partial charge is 0.167 e. The molecule has 2 nitrogen and oxygen atoms in total. The highest BCUT2D eigenvalue weighted by atomic mass is 19.2. The van der Waals surface area contributed by atoms with Gasteiger partial charge in [-0.1, -0.05) is 36.4 Å². The second-order valence-corrected chi connectivity index (χ2v) is 9.92. The Bertz CT molecular complexity index is 982. The van der Waals surface area contributed by atoms with Crippen molar-refractivity contribution in [3.8, 4) is 11.1 Å². The maximum Gasteiger partial charge on any atom is 0.167 e. The van der Waals surface area contributed by atoms with Crippen LogP contribution in [0.3, 0.4) is 0 Å². The average molecular weight is 503 g/mol. The van der Waals surface area contributed by atoms with Crippen molar-refractivity contribution in [2.75, 3.05) is 13.2 Å². The summed E-state index contributed by atoms with van der Waals surface area (Å²) in [5.74, 6) is -3.81. The molecule has 4 rings (SSSR count). The molecule has 2 aromatic carbocycles. The normalized spacial score (nSPS) is 24.4. The van der Waals surface area contributed by atoms with E-state index in [0.29, 0.717) is 37.9 Å². The number of ether oxygens (including phenoxy) is 2. The van der Waals surface area contributed by atoms with Crippen LogP contribution in [-0.2, 0) is 9.47 Å². The predicted octanol–water partition coefficient (Wildman–Crippen LogP) is 8.78. The lowest BCUT2D eigenvalue weighted by molar-refractivity contribution is -0.0211. The van der Waals surface area contributed by atoms with E-state index in [1.165, 1.54) is 24.3 Å². The fourth-order valence-corrected chi connectivity index (χ4v) is 5.31. The molecule has 0 bridgehead atoms. The molecule has 2 aromatic rings. The van der Waals surface area contributed by atoms with Crippen LogP contribution in [0.25, 0.3) is 11.1 Å². The summed E-state index contributed by atoms with van der Waals surface area (Å²) in [6.45, 7) is 8.39. The third-order valence-corrected chi connectivity index (χ3v) is 7.51. The first-order valence-corrected chi connectivity index (χ1v) is 12.9. The van der Waals surface area contributed by atoms with Crippen LogP contribution in [0, 0.1) is 35.1 Å². The van der Waals surface area contributed by atoms with E-state index in [1.807, 2.05) is 12.2 Å². The summed E-state index contributed by atoms with van der Waals surface area (Å²) in [6, 6.07) is 5.45. The van der Waals surface area contributed by atoms with Gasteiger partial charge >= 0.3 is 0 Å². The van der Waals surface area contributed by atoms with E-state index >= 15 is 17.6 Å². The number of halogens is 4. The summed E-state index contributed by atoms with van der Waals surface area (Å²) in [5.41, 5.74) is -0.407. The molecule has 4 atom stereocenters. The lowest BCUT2D eigenvalue weighted by Crippen LogP contribution is -2.22. The van der Waals surface area contributed by atoms with Gasteiger partial charge in [0.05, 0.1) is 25.4 Å². The molecule has 0 N–H and O–H groups in total. The van der Waals surface area contributed by atoms with E-state index in [2.05, 4.69) is 13.2 Å². The zero-order valence-corrected chi connectivity index (χ0v) is 20.6. The fourth-order valence-electron chi connectivity index (χ4n) is 5.31. The van der Waals surface area contributed by atoms with E-state index in [1.54, 1.807) is 0 Å². The Labute approximate surface area is 211 Å². The third-order valence-electron chi connectivity index (χ3n) is 7.51. The van der Waals surface area contributed by atoms with Gasteiger partial charge in [0.1, 0.15) is 0 Å². The van der Waals surface area contributed by atoms with Crippen molar-refractivity contribution in [2.45, 2.75) is 63.6 Å². The van der Waals surface area contributed by atoms with Crippen LogP contribution in [0.5, 0.6) is 0 Å². The van der Waals surface area contributed by atoms with Gasteiger partial charge in [-0.3, -0.25) is 0 Å². The second kappa shape index (κ2) is 12.2. The highest BCUT2D eigenvalue weighted by Crippen LogP contribution is 2.39. The SMILES string of the molecule is C=CCCC1CCC(c2ccc(-c3ccc(C4CCC(CCC=C)CO4)c(F)c3F)c(F)c2F)OC1. The Morgan fingerprint density at radius 1 is 0.639 bits per heavy atom. The number of hydrogen-bond acceptors (Lipinski definition) is 2. The van der Waals surface area contributed by atoms with Crippen molar-refractivity contribution < 1.29 is 27.0 Å². The molecule has 6 heteroatoms. The quantitative estimate of drug-likeness (QED) is 0.252. The molecule has 0 aliphatic carbocycles. The summed E-state index contributed by atoms with van der Waals surface area (Å²) < 4.78 is 71.9. The van der Waals surface area contributed by atoms with Crippen LogP contribution in [0.1, 0.15) is 74.7 Å². The fraction of sp³-hybridized carbons (Fsp3) is 0.467. The van der Waals surface area contributed by atoms with Gasteiger partial charge < -0.3 is 9.47 Å². The maximum atomic E-state index is 15.1. The Morgan fingerprint density at radius 2 is 1.06 bits per heavy atom. The zero-order chi connectivity index (χ0) is 25.7. The van der Waals surface area contributed by atoms with Crippen molar-refractivity contribution in [2.24, 2.45) is 11.8 Å². The van der Waals surface area contributed by atoms with E-state index in [4.69, 9.17) is 9.47 Å². The van der Waals surface area contributed by atoms with Gasteiger partial charge in [0.15, 0.2) is 23.3 Å². The van der Waals surface area contributed by atoms with E-state index < -0.39 is 35.5 Å². The lowest BCUT2D eigenvalue weighted by Gasteiger charge is -2.30. The number of rotatable bonds is 9. The average Bonchev–Trinajstić information content (AvgIpc) is 2.90. The minimum Gasteiger partial charge on any atom is -0.373 e. The zero-order valence-electron chi connectivity index (χ0n) is 20.6. The first-order valence-electron chi connectivity index (χ1n) is 12.9. The Balaban J connectivity index is 1.49. The van der Waals surface area contributed by atoms with Crippen molar-refractivity contribution >= 4 is 0 Å². The van der Waals surface area contributed by atoms with Crippen molar-refractivity contribution in [3.63, 3.8) is 0 Å². The molecule has 194 valence electrons. The van der Waals surface area contributed by atoms with Crippen LogP contribution in [-0.4, -0.2) is 13.2 Å². The molecule has 0 amide bonds. The van der Waals surface area contributed by atoms with Gasteiger partial charge in [-0.15, -0.1) is 13.2 Å². The Kier molecular flexibility index (Phi) is 9.02. The molecule has 0 radical (unpaired) electrons. The van der Waals surface area contributed by atoms with Crippen LogP contribution in [0.2, 0.25) is 0 Å². The first kappa shape index (κ1) is 26.6. The molecule has 0 spiro atoms. The van der Waals surface area contributed by atoms with Crippen LogP contribution in [0.4, 0.5) is 17.6 Å². The summed E-state index contributed by atoms with van der Waals surface area (Å²) in [5, 5.41) is 0. The Morgan fingerprint density at radius 3 is 1.39 bits per heavy atom. The summed E-state index contributed by atoms with van der Waals surface area (Å²) in [7, 11) is 0. The minimum atomic E-state index is -1.20. The summed E-state index contributed by atoms with van der Waals surface area (Å²) >= 11 is 0. The van der Waals surface area contributed by atoms with Crippen molar-refractivity contribution in [3.05, 3.63) is 84.0 Å². The summed E-state index contributed by atoms with van der Waals surface area (Å²) in [6.07, 6.45) is 9.13. The van der Waals surface area contributed by atoms with Gasteiger partial charge in [0.2, 0.25) is 0 Å². The molecule has 2 saturated heterocycles. The molecule has 4 unspecified atom stereocenters. The number of hydrogen-bond donors (Lipinski definition) is 0. The monoisotopic (exact) mass is 502 g/mol. The van der Waals surface area contributed by atoms with Crippen molar-refractivity contribution in [1.29, 1.82) is 0 Å². The largest absolute Gasteiger partial charge is 0.373 e. The first-order chi connectivity index (χ1) is 17.4. The van der Waals surface area contributed by atoms with Crippen LogP contribution >= 0.6 is 0 Å². The van der Waals surface area contributed by atoms with Gasteiger partial charge in [0.25, 0.3) is 0 Å². The lowest BCUT2D eigenvalue weighted by atomic mass is 9.89. The van der Waals surface area contributed by atoms with Gasteiger partial charge in [-0.25, -0.2) is 17.6 Å². The summed E-state index contributed by atoms with van der Waals surface area (Å²) in [4.78, 5) is 0. The van der Waals surface area contributed by atoms with E-state index in [0.717, 1.165) is 38.5 Å². The molecular weight excluding hydrogens is 468 g/mol. The van der Waals surface area contributed by atoms with Gasteiger partial charge in [-0.05, 0) is 63.2 Å². The highest BCUT2D eigenvalue weighted by Gasteiger charge is 2.30. The molecule has 2 aliphatic rings. The molecule has 36 heavy (non-hydrogen) atoms. The molecule has 2 heterocycles. The predicted molar refractivity (Wildman–Crippen MR) is 133 cm³/mol. The van der Waals surface area contributed by atoms with Crippen molar-refractivity contribution in [1.82, 2.24) is 0 Å². The van der Waals surface area contributed by atoms with E-state index in [9.17, 15) is 0 Å². The molecule has 2 fully saturated rings. The molecule has 2 aliphatic heterocycles. The van der Waals surface area contributed by atoms with Gasteiger partial charge in [-0.2, -0.15) is 0 Å². The molecule has 0 aromatic heterocycles. The Hall–Kier alpha value is -2.44. The third kappa shape index (κ3) is 5.76. The topological polar surface area (TPSA) is 18.5 Å². The molecular formula is C30H34F4O2. The standard InChI is InChI=1S/C30H34F4O2/c1-3-5-7-19-9-15-25(35-17-19)23-13-11-21(27(31)29(23)33)22-12-14-24(30(34)28(22)32)26-16-10-20(18-36-26)8-6-4-2/h3-4,11-14,19-20,25-26H,1-2,5-10,15-18H2. The molecule has 0 saturated carbocycles. The number of allylic oxidation sites excluding steroid dienone is 2. The van der Waals surface area contributed by atoms with Gasteiger partial charge in [0, 0.05) is 22.3 Å². The van der Waals surface area contributed by atoms with Crippen LogP contribution in [0.15, 0.2) is 49.6 Å². The minimum absolute atomic E-state index is 0.109.